The Bertz CT molecular complexity index is 959. The number of rotatable bonds is 5. The van der Waals surface area contributed by atoms with E-state index in [0.29, 0.717) is 5.78 Å². The van der Waals surface area contributed by atoms with Gasteiger partial charge in [0, 0.05) is 5.75 Å². The van der Waals surface area contributed by atoms with E-state index in [1.807, 2.05) is 48.5 Å². The van der Waals surface area contributed by atoms with Gasteiger partial charge < -0.3 is 0 Å². The molecule has 0 saturated carbocycles. The Morgan fingerprint density at radius 3 is 2.50 bits per heavy atom. The Morgan fingerprint density at radius 1 is 0.958 bits per heavy atom. The molecule has 0 unspecified atom stereocenters. The summed E-state index contributed by atoms with van der Waals surface area (Å²) in [5.41, 5.74) is 2.25. The third kappa shape index (κ3) is 3.07. The lowest BCUT2D eigenvalue weighted by molar-refractivity contribution is 0.815. The second kappa shape index (κ2) is 6.67. The van der Waals surface area contributed by atoms with Crippen molar-refractivity contribution in [1.82, 2.24) is 24.5 Å². The first-order valence-corrected chi connectivity index (χ1v) is 8.43. The van der Waals surface area contributed by atoms with Gasteiger partial charge in [-0.2, -0.15) is 19.4 Å². The van der Waals surface area contributed by atoms with Crippen LogP contribution in [0, 0.1) is 0 Å². The molecule has 0 N–H and O–H groups in total. The molecule has 0 aliphatic rings. The molecule has 7 heteroatoms. The lowest BCUT2D eigenvalue weighted by Gasteiger charge is -1.97. The molecular formula is C17H14N6S. The average molecular weight is 334 g/mol. The average Bonchev–Trinajstić information content (AvgIpc) is 3.22. The van der Waals surface area contributed by atoms with Crippen molar-refractivity contribution in [3.05, 3.63) is 78.1 Å². The van der Waals surface area contributed by atoms with E-state index in [9.17, 15) is 0 Å². The van der Waals surface area contributed by atoms with Gasteiger partial charge in [0.1, 0.15) is 6.33 Å². The van der Waals surface area contributed by atoms with Gasteiger partial charge in [0.25, 0.3) is 5.78 Å². The van der Waals surface area contributed by atoms with Crippen molar-refractivity contribution in [3.63, 3.8) is 0 Å². The molecular weight excluding hydrogens is 320 g/mol. The van der Waals surface area contributed by atoms with Crippen LogP contribution in [0.25, 0.3) is 5.78 Å². The highest BCUT2D eigenvalue weighted by atomic mass is 32.2. The van der Waals surface area contributed by atoms with Crippen molar-refractivity contribution in [1.29, 1.82) is 0 Å². The van der Waals surface area contributed by atoms with E-state index in [0.717, 1.165) is 16.5 Å². The first-order valence-electron chi connectivity index (χ1n) is 7.45. The highest BCUT2D eigenvalue weighted by Crippen LogP contribution is 2.20. The highest BCUT2D eigenvalue weighted by Gasteiger charge is 2.11. The number of aromatic nitrogens is 5. The van der Waals surface area contributed by atoms with Gasteiger partial charge in [0.15, 0.2) is 0 Å². The molecule has 0 aliphatic heterocycles. The molecule has 24 heavy (non-hydrogen) atoms. The number of hydrogen-bond acceptors (Lipinski definition) is 5. The first kappa shape index (κ1) is 14.6. The molecule has 0 aliphatic carbocycles. The molecule has 4 rings (SSSR count). The summed E-state index contributed by atoms with van der Waals surface area (Å²) in [6.45, 7) is 0. The van der Waals surface area contributed by atoms with Crippen LogP contribution in [0.2, 0.25) is 0 Å². The molecule has 2 aromatic heterocycles. The van der Waals surface area contributed by atoms with E-state index < -0.39 is 0 Å². The van der Waals surface area contributed by atoms with E-state index >= 15 is 0 Å². The lowest BCUT2D eigenvalue weighted by atomic mass is 10.2. The van der Waals surface area contributed by atoms with Crippen molar-refractivity contribution in [2.45, 2.75) is 10.9 Å². The minimum atomic E-state index is 0.595. The lowest BCUT2D eigenvalue weighted by Crippen LogP contribution is -1.91. The molecule has 2 heterocycles. The van der Waals surface area contributed by atoms with Crippen LogP contribution in [-0.2, 0) is 5.75 Å². The largest absolute Gasteiger partial charge is 0.275 e. The molecule has 0 spiro atoms. The molecule has 6 nitrogen and oxygen atoms in total. The summed E-state index contributed by atoms with van der Waals surface area (Å²) in [6, 6.07) is 20.1. The van der Waals surface area contributed by atoms with Crippen molar-refractivity contribution >= 4 is 23.8 Å². The Hall–Kier alpha value is -2.93. The van der Waals surface area contributed by atoms with E-state index in [1.54, 1.807) is 33.5 Å². The smallest absolute Gasteiger partial charge is 0.184 e. The Labute approximate surface area is 142 Å². The summed E-state index contributed by atoms with van der Waals surface area (Å²) in [5, 5.41) is 17.9. The van der Waals surface area contributed by atoms with Crippen molar-refractivity contribution in [3.8, 4) is 0 Å². The predicted octanol–water partition coefficient (Wildman–Crippen LogP) is 3.10. The maximum atomic E-state index is 4.39. The van der Waals surface area contributed by atoms with Gasteiger partial charge in [0.2, 0.25) is 5.16 Å². The van der Waals surface area contributed by atoms with Crippen LogP contribution >= 0.6 is 11.8 Å². The monoisotopic (exact) mass is 334 g/mol. The summed E-state index contributed by atoms with van der Waals surface area (Å²) in [7, 11) is 0. The first-order chi connectivity index (χ1) is 11.9. The summed E-state index contributed by atoms with van der Waals surface area (Å²) < 4.78 is 3.32. The van der Waals surface area contributed by atoms with E-state index in [4.69, 9.17) is 0 Å². The summed E-state index contributed by atoms with van der Waals surface area (Å²) >= 11 is 1.60. The van der Waals surface area contributed by atoms with E-state index in [-0.39, 0.29) is 0 Å². The number of fused-ring (bicyclic) bond motifs is 1. The zero-order valence-corrected chi connectivity index (χ0v) is 13.5. The molecule has 0 radical (unpaired) electrons. The summed E-state index contributed by atoms with van der Waals surface area (Å²) in [5.74, 6) is 1.42. The number of nitrogens with zero attached hydrogens (tertiary/aromatic N) is 6. The molecule has 0 amide bonds. The van der Waals surface area contributed by atoms with Gasteiger partial charge in [-0.3, -0.25) is 0 Å². The quantitative estimate of drug-likeness (QED) is 0.416. The van der Waals surface area contributed by atoms with Gasteiger partial charge >= 0.3 is 0 Å². The maximum absolute atomic E-state index is 4.39. The van der Waals surface area contributed by atoms with Crippen molar-refractivity contribution in [2.75, 3.05) is 0 Å². The summed E-state index contributed by atoms with van der Waals surface area (Å²) in [6.07, 6.45) is 3.41. The molecule has 0 saturated heterocycles. The zero-order valence-electron chi connectivity index (χ0n) is 12.7. The molecule has 118 valence electrons. The number of benzene rings is 2. The SMILES string of the molecule is C(=N\n1cnn2c(SCc3ccccc3)nnc12)/c1ccccc1. The highest BCUT2D eigenvalue weighted by molar-refractivity contribution is 7.98. The predicted molar refractivity (Wildman–Crippen MR) is 94.2 cm³/mol. The van der Waals surface area contributed by atoms with Crippen LogP contribution in [0.15, 0.2) is 77.2 Å². The second-order valence-corrected chi connectivity index (χ2v) is 6.04. The standard InChI is InChI=1S/C17H14N6S/c1-3-7-14(8-4-1)11-18-22-13-19-23-16(22)20-21-17(23)24-12-15-9-5-2-6-10-15/h1-11,13H,12H2/b18-11+. The third-order valence-electron chi connectivity index (χ3n) is 3.42. The van der Waals surface area contributed by atoms with Crippen molar-refractivity contribution < 1.29 is 0 Å². The Kier molecular flexibility index (Phi) is 4.07. The van der Waals surface area contributed by atoms with Crippen LogP contribution in [0.3, 0.4) is 0 Å². The number of thioether (sulfide) groups is 1. The number of hydrogen-bond donors (Lipinski definition) is 0. The van der Waals surface area contributed by atoms with Gasteiger partial charge in [-0.1, -0.05) is 72.4 Å². The van der Waals surface area contributed by atoms with Gasteiger partial charge in [0.05, 0.1) is 6.21 Å². The molecule has 0 atom stereocenters. The normalized spacial score (nSPS) is 11.5. The van der Waals surface area contributed by atoms with Crippen LogP contribution in [0.4, 0.5) is 0 Å². The van der Waals surface area contributed by atoms with Crippen LogP contribution in [0.1, 0.15) is 11.1 Å². The molecule has 2 aromatic carbocycles. The Balaban J connectivity index is 1.53. The van der Waals surface area contributed by atoms with Gasteiger partial charge in [-0.25, -0.2) is 0 Å². The van der Waals surface area contributed by atoms with Crippen LogP contribution < -0.4 is 0 Å². The minimum Gasteiger partial charge on any atom is -0.184 e. The van der Waals surface area contributed by atoms with Crippen LogP contribution in [-0.4, -0.2) is 30.7 Å². The topological polar surface area (TPSA) is 60.4 Å². The molecule has 4 aromatic rings. The fraction of sp³-hybridized carbons (Fsp3) is 0.0588. The fourth-order valence-corrected chi connectivity index (χ4v) is 3.05. The van der Waals surface area contributed by atoms with Gasteiger partial charge in [-0.05, 0) is 11.1 Å². The summed E-state index contributed by atoms with van der Waals surface area (Å²) in [4.78, 5) is 0. The fourth-order valence-electron chi connectivity index (χ4n) is 2.22. The van der Waals surface area contributed by atoms with E-state index in [1.165, 1.54) is 5.56 Å². The van der Waals surface area contributed by atoms with E-state index in [2.05, 4.69) is 32.5 Å². The molecule has 0 bridgehead atoms. The maximum Gasteiger partial charge on any atom is 0.275 e. The molecule has 0 fully saturated rings. The minimum absolute atomic E-state index is 0.595. The Morgan fingerprint density at radius 2 is 1.71 bits per heavy atom. The zero-order chi connectivity index (χ0) is 16.2. The third-order valence-corrected chi connectivity index (χ3v) is 4.41. The second-order valence-electron chi connectivity index (χ2n) is 5.10. The van der Waals surface area contributed by atoms with Gasteiger partial charge in [-0.15, -0.1) is 10.2 Å². The van der Waals surface area contributed by atoms with Crippen molar-refractivity contribution in [2.24, 2.45) is 5.10 Å². The van der Waals surface area contributed by atoms with Crippen LogP contribution in [0.5, 0.6) is 0 Å².